The molecule has 0 unspecified atom stereocenters. The number of benzene rings is 1. The van der Waals surface area contributed by atoms with Crippen molar-refractivity contribution in [1.82, 2.24) is 14.3 Å². The molecule has 0 saturated heterocycles. The molecule has 0 aliphatic heterocycles. The molecule has 0 aliphatic carbocycles. The number of alkyl halides is 3. The van der Waals surface area contributed by atoms with E-state index in [1.165, 1.54) is 10.7 Å². The second-order valence-electron chi connectivity index (χ2n) is 6.78. The number of rotatable bonds is 4. The maximum atomic E-state index is 13.7. The highest BCUT2D eigenvalue weighted by Gasteiger charge is 2.39. The molecule has 0 saturated carbocycles. The molecule has 1 aromatic carbocycles. The minimum atomic E-state index is -4.70. The lowest BCUT2D eigenvalue weighted by atomic mass is 10.0. The summed E-state index contributed by atoms with van der Waals surface area (Å²) >= 11 is 5.32. The van der Waals surface area contributed by atoms with Crippen LogP contribution in [0.15, 0.2) is 21.3 Å². The average Bonchev–Trinajstić information content (AvgIpc) is 2.92. The second kappa shape index (κ2) is 7.20. The second-order valence-corrected chi connectivity index (χ2v) is 7.14. The average molecular weight is 411 g/mol. The molecule has 0 spiro atoms. The van der Waals surface area contributed by atoms with Gasteiger partial charge in [0, 0.05) is 12.6 Å². The third-order valence-electron chi connectivity index (χ3n) is 4.60. The van der Waals surface area contributed by atoms with Gasteiger partial charge >= 0.3 is 6.18 Å². The first-order chi connectivity index (χ1) is 13.1. The number of hydrogen-bond acceptors (Lipinski definition) is 4. The molecular weight excluding hydrogens is 391 g/mol. The fourth-order valence-corrected chi connectivity index (χ4v) is 3.56. The van der Waals surface area contributed by atoms with E-state index in [1.807, 2.05) is 6.92 Å². The molecule has 9 heteroatoms. The molecule has 0 bridgehead atoms. The standard InChI is InChI=1S/C19H20F3N3O2S/c1-5-6-7-24-18(28)25(17(23-24)19(20,21)22)13-8-10(2)16-15(12(13)4)14(26)9-11(3)27-16/h8-9H,5-7H2,1-4H3. The van der Waals surface area contributed by atoms with Crippen LogP contribution in [-0.4, -0.2) is 14.3 Å². The Kier molecular flexibility index (Phi) is 5.22. The summed E-state index contributed by atoms with van der Waals surface area (Å²) in [4.78, 5) is 12.5. The van der Waals surface area contributed by atoms with Crippen molar-refractivity contribution in [1.29, 1.82) is 0 Å². The van der Waals surface area contributed by atoms with Gasteiger partial charge in [-0.1, -0.05) is 13.3 Å². The van der Waals surface area contributed by atoms with Crippen molar-refractivity contribution in [3.8, 4) is 5.69 Å². The highest BCUT2D eigenvalue weighted by molar-refractivity contribution is 7.71. The summed E-state index contributed by atoms with van der Waals surface area (Å²) in [6.07, 6.45) is -3.25. The van der Waals surface area contributed by atoms with E-state index >= 15 is 0 Å². The van der Waals surface area contributed by atoms with Gasteiger partial charge in [-0.15, -0.1) is 5.10 Å². The summed E-state index contributed by atoms with van der Waals surface area (Å²) in [5, 5.41) is 3.98. The third-order valence-corrected chi connectivity index (χ3v) is 4.99. The number of fused-ring (bicyclic) bond motifs is 1. The maximum absolute atomic E-state index is 13.7. The normalized spacial score (nSPS) is 12.1. The first kappa shape index (κ1) is 20.3. The minimum Gasteiger partial charge on any atom is -0.461 e. The highest BCUT2D eigenvalue weighted by atomic mass is 32.1. The van der Waals surface area contributed by atoms with Crippen molar-refractivity contribution in [2.45, 2.75) is 53.3 Å². The first-order valence-electron chi connectivity index (χ1n) is 8.88. The number of aromatic nitrogens is 3. The van der Waals surface area contributed by atoms with Crippen molar-refractivity contribution in [3.05, 3.63) is 49.8 Å². The molecule has 150 valence electrons. The molecule has 3 rings (SSSR count). The van der Waals surface area contributed by atoms with Gasteiger partial charge in [-0.3, -0.25) is 9.36 Å². The van der Waals surface area contributed by atoms with E-state index in [0.717, 1.165) is 11.0 Å². The molecule has 2 aromatic heterocycles. The molecule has 2 heterocycles. The van der Waals surface area contributed by atoms with Crippen LogP contribution in [0.5, 0.6) is 0 Å². The Morgan fingerprint density at radius 3 is 2.50 bits per heavy atom. The van der Waals surface area contributed by atoms with Crippen LogP contribution in [0.2, 0.25) is 0 Å². The summed E-state index contributed by atoms with van der Waals surface area (Å²) < 4.78 is 48.8. The van der Waals surface area contributed by atoms with Crippen LogP contribution >= 0.6 is 12.2 Å². The van der Waals surface area contributed by atoms with Crippen molar-refractivity contribution in [2.75, 3.05) is 0 Å². The van der Waals surface area contributed by atoms with Crippen molar-refractivity contribution >= 4 is 23.2 Å². The van der Waals surface area contributed by atoms with Crippen LogP contribution in [0.3, 0.4) is 0 Å². The van der Waals surface area contributed by atoms with E-state index in [1.54, 1.807) is 26.8 Å². The summed E-state index contributed by atoms with van der Waals surface area (Å²) in [5.74, 6) is -0.667. The third kappa shape index (κ3) is 3.39. The predicted molar refractivity (Wildman–Crippen MR) is 103 cm³/mol. The lowest BCUT2D eigenvalue weighted by Crippen LogP contribution is -2.16. The minimum absolute atomic E-state index is 0.0564. The molecule has 3 aromatic rings. The molecule has 0 fully saturated rings. The van der Waals surface area contributed by atoms with Crippen LogP contribution in [0.25, 0.3) is 16.7 Å². The van der Waals surface area contributed by atoms with Crippen molar-refractivity contribution in [2.24, 2.45) is 0 Å². The van der Waals surface area contributed by atoms with E-state index in [4.69, 9.17) is 16.6 Å². The van der Waals surface area contributed by atoms with E-state index in [-0.39, 0.29) is 21.3 Å². The van der Waals surface area contributed by atoms with Gasteiger partial charge in [-0.05, 0) is 56.6 Å². The number of hydrogen-bond donors (Lipinski definition) is 0. The van der Waals surface area contributed by atoms with E-state index in [9.17, 15) is 18.0 Å². The van der Waals surface area contributed by atoms with Gasteiger partial charge in [-0.25, -0.2) is 4.68 Å². The Bertz CT molecular complexity index is 1170. The predicted octanol–water partition coefficient (Wildman–Crippen LogP) is 5.25. The Morgan fingerprint density at radius 1 is 1.21 bits per heavy atom. The van der Waals surface area contributed by atoms with E-state index < -0.39 is 12.0 Å². The van der Waals surface area contributed by atoms with Gasteiger partial charge in [0.1, 0.15) is 11.3 Å². The number of halogens is 3. The lowest BCUT2D eigenvalue weighted by molar-refractivity contribution is -0.146. The monoisotopic (exact) mass is 411 g/mol. The van der Waals surface area contributed by atoms with Crippen LogP contribution in [-0.2, 0) is 12.7 Å². The zero-order valence-corrected chi connectivity index (χ0v) is 16.8. The Labute approximate surface area is 164 Å². The summed E-state index contributed by atoms with van der Waals surface area (Å²) in [5.41, 5.74) is 1.16. The molecule has 0 atom stereocenters. The summed E-state index contributed by atoms with van der Waals surface area (Å²) in [7, 11) is 0. The van der Waals surface area contributed by atoms with Gasteiger partial charge in [0.25, 0.3) is 0 Å². The Balaban J connectivity index is 2.40. The SMILES string of the molecule is CCCCn1nc(C(F)(F)F)n(-c2cc(C)c3oc(C)cc(=O)c3c2C)c1=S. The topological polar surface area (TPSA) is 53.0 Å². The molecule has 0 radical (unpaired) electrons. The highest BCUT2D eigenvalue weighted by Crippen LogP contribution is 2.33. The summed E-state index contributed by atoms with van der Waals surface area (Å²) in [6.45, 7) is 7.15. The van der Waals surface area contributed by atoms with Gasteiger partial charge in [0.15, 0.2) is 5.43 Å². The largest absolute Gasteiger partial charge is 0.461 e. The van der Waals surface area contributed by atoms with Gasteiger partial charge < -0.3 is 4.42 Å². The quantitative estimate of drug-likeness (QED) is 0.550. The number of unbranched alkanes of at least 4 members (excludes halogenated alkanes) is 1. The van der Waals surface area contributed by atoms with Gasteiger partial charge in [0.2, 0.25) is 10.6 Å². The Morgan fingerprint density at radius 2 is 1.89 bits per heavy atom. The molecule has 0 aliphatic rings. The van der Waals surface area contributed by atoms with Crippen molar-refractivity contribution < 1.29 is 17.6 Å². The van der Waals surface area contributed by atoms with E-state index in [2.05, 4.69) is 5.10 Å². The zero-order valence-electron chi connectivity index (χ0n) is 16.0. The maximum Gasteiger partial charge on any atom is 0.452 e. The van der Waals surface area contributed by atoms with Crippen LogP contribution in [0.1, 0.15) is 42.5 Å². The van der Waals surface area contributed by atoms with Gasteiger partial charge in [-0.2, -0.15) is 13.2 Å². The van der Waals surface area contributed by atoms with Crippen LogP contribution in [0, 0.1) is 25.5 Å². The molecule has 0 N–H and O–H groups in total. The molecule has 28 heavy (non-hydrogen) atoms. The van der Waals surface area contributed by atoms with Crippen LogP contribution in [0.4, 0.5) is 13.2 Å². The number of nitrogens with zero attached hydrogens (tertiary/aromatic N) is 3. The zero-order chi connectivity index (χ0) is 20.8. The fourth-order valence-electron chi connectivity index (χ4n) is 3.24. The summed E-state index contributed by atoms with van der Waals surface area (Å²) in [6, 6.07) is 2.88. The fraction of sp³-hybridized carbons (Fsp3) is 0.421. The van der Waals surface area contributed by atoms with Crippen molar-refractivity contribution in [3.63, 3.8) is 0 Å². The van der Waals surface area contributed by atoms with E-state index in [0.29, 0.717) is 35.4 Å². The lowest BCUT2D eigenvalue weighted by Gasteiger charge is -2.15. The molecular formula is C19H20F3N3O2S. The number of aryl methyl sites for hydroxylation is 4. The smallest absolute Gasteiger partial charge is 0.452 e. The van der Waals surface area contributed by atoms with Crippen LogP contribution < -0.4 is 5.43 Å². The molecule has 0 amide bonds. The first-order valence-corrected chi connectivity index (χ1v) is 9.29. The molecule has 5 nitrogen and oxygen atoms in total. The van der Waals surface area contributed by atoms with Gasteiger partial charge in [0.05, 0.1) is 11.1 Å². The Hall–Kier alpha value is -2.42.